The van der Waals surface area contributed by atoms with Gasteiger partial charge in [0.1, 0.15) is 5.75 Å². The minimum atomic E-state index is 0.109. The van der Waals surface area contributed by atoms with Crippen LogP contribution in [0.4, 0.5) is 5.69 Å². The second-order valence-corrected chi connectivity index (χ2v) is 6.26. The van der Waals surface area contributed by atoms with E-state index in [4.69, 9.17) is 16.3 Å². The first-order valence-corrected chi connectivity index (χ1v) is 7.97. The van der Waals surface area contributed by atoms with Crippen molar-refractivity contribution in [1.29, 1.82) is 0 Å². The Balaban J connectivity index is 1.68. The molecular formula is C15H20ClN5O. The van der Waals surface area contributed by atoms with Crippen molar-refractivity contribution in [2.75, 3.05) is 5.32 Å². The van der Waals surface area contributed by atoms with Gasteiger partial charge in [-0.1, -0.05) is 11.6 Å². The van der Waals surface area contributed by atoms with Crippen molar-refractivity contribution in [3.05, 3.63) is 29.0 Å². The standard InChI is InChI=1S/C15H20ClN5O/c1-10(2)22-14-7-11(16)6-12(8-14)17-9-15-18-19-20-21(15)13-4-3-5-13/h6-8,10,13,17H,3-5,9H2,1-2H3. The molecule has 0 bridgehead atoms. The monoisotopic (exact) mass is 321 g/mol. The number of benzene rings is 1. The fraction of sp³-hybridized carbons (Fsp3) is 0.533. The molecule has 118 valence electrons. The van der Waals surface area contributed by atoms with Crippen molar-refractivity contribution in [2.24, 2.45) is 0 Å². The molecule has 22 heavy (non-hydrogen) atoms. The van der Waals surface area contributed by atoms with Crippen molar-refractivity contribution in [1.82, 2.24) is 20.2 Å². The molecule has 0 unspecified atom stereocenters. The van der Waals surface area contributed by atoms with Gasteiger partial charge >= 0.3 is 0 Å². The Hall–Kier alpha value is -1.82. The lowest BCUT2D eigenvalue weighted by Gasteiger charge is -2.25. The Morgan fingerprint density at radius 2 is 2.18 bits per heavy atom. The molecule has 1 aromatic carbocycles. The Kier molecular flexibility index (Phi) is 4.47. The normalized spacial score (nSPS) is 14.9. The summed E-state index contributed by atoms with van der Waals surface area (Å²) < 4.78 is 7.61. The second-order valence-electron chi connectivity index (χ2n) is 5.82. The molecule has 0 radical (unpaired) electrons. The van der Waals surface area contributed by atoms with E-state index in [1.807, 2.05) is 36.7 Å². The topological polar surface area (TPSA) is 64.9 Å². The van der Waals surface area contributed by atoms with Gasteiger partial charge in [-0.2, -0.15) is 0 Å². The molecular weight excluding hydrogens is 302 g/mol. The van der Waals surface area contributed by atoms with Crippen molar-refractivity contribution < 1.29 is 4.74 Å². The third-order valence-electron chi connectivity index (χ3n) is 3.68. The molecule has 0 aliphatic heterocycles. The summed E-state index contributed by atoms with van der Waals surface area (Å²) in [5, 5.41) is 15.9. The maximum absolute atomic E-state index is 6.14. The average Bonchev–Trinajstić information content (AvgIpc) is 2.81. The van der Waals surface area contributed by atoms with Crippen molar-refractivity contribution in [3.63, 3.8) is 0 Å². The molecule has 0 spiro atoms. The van der Waals surface area contributed by atoms with Gasteiger partial charge < -0.3 is 10.1 Å². The van der Waals surface area contributed by atoms with Crippen LogP contribution in [0.25, 0.3) is 0 Å². The fourth-order valence-electron chi connectivity index (χ4n) is 2.43. The summed E-state index contributed by atoms with van der Waals surface area (Å²) in [6.45, 7) is 4.53. The summed E-state index contributed by atoms with van der Waals surface area (Å²) in [5.41, 5.74) is 0.895. The van der Waals surface area contributed by atoms with E-state index in [0.717, 1.165) is 30.1 Å². The van der Waals surface area contributed by atoms with E-state index in [2.05, 4.69) is 20.8 Å². The number of hydrogen-bond acceptors (Lipinski definition) is 5. The molecule has 0 atom stereocenters. The van der Waals surface area contributed by atoms with Gasteiger partial charge in [-0.3, -0.25) is 0 Å². The number of halogens is 1. The molecule has 7 heteroatoms. The largest absolute Gasteiger partial charge is 0.491 e. The van der Waals surface area contributed by atoms with E-state index < -0.39 is 0 Å². The van der Waals surface area contributed by atoms with E-state index in [1.165, 1.54) is 6.42 Å². The molecule has 1 heterocycles. The van der Waals surface area contributed by atoms with E-state index >= 15 is 0 Å². The molecule has 1 aliphatic carbocycles. The van der Waals surface area contributed by atoms with E-state index in [0.29, 0.717) is 17.6 Å². The first-order chi connectivity index (χ1) is 10.6. The highest BCUT2D eigenvalue weighted by molar-refractivity contribution is 6.31. The third kappa shape index (κ3) is 3.50. The zero-order valence-electron chi connectivity index (χ0n) is 12.8. The maximum Gasteiger partial charge on any atom is 0.170 e. The van der Waals surface area contributed by atoms with Crippen LogP contribution in [0.3, 0.4) is 0 Å². The first-order valence-electron chi connectivity index (χ1n) is 7.59. The fourth-order valence-corrected chi connectivity index (χ4v) is 2.65. The first kappa shape index (κ1) is 15.1. The molecule has 0 amide bonds. The number of aromatic nitrogens is 4. The number of anilines is 1. The lowest BCUT2D eigenvalue weighted by molar-refractivity contribution is 0.242. The summed E-state index contributed by atoms with van der Waals surface area (Å²) in [6.07, 6.45) is 3.67. The zero-order valence-corrected chi connectivity index (χ0v) is 13.5. The minimum absolute atomic E-state index is 0.109. The van der Waals surface area contributed by atoms with Crippen LogP contribution in [-0.4, -0.2) is 26.3 Å². The van der Waals surface area contributed by atoms with Crippen LogP contribution < -0.4 is 10.1 Å². The second kappa shape index (κ2) is 6.52. The van der Waals surface area contributed by atoms with Gasteiger partial charge in [0.05, 0.1) is 18.7 Å². The summed E-state index contributed by atoms with van der Waals surface area (Å²) >= 11 is 6.14. The van der Waals surface area contributed by atoms with Gasteiger partial charge in [0, 0.05) is 16.8 Å². The summed E-state index contributed by atoms with van der Waals surface area (Å²) in [7, 11) is 0. The number of tetrazole rings is 1. The van der Waals surface area contributed by atoms with Gasteiger partial charge in [0.2, 0.25) is 0 Å². The molecule has 1 N–H and O–H groups in total. The van der Waals surface area contributed by atoms with Gasteiger partial charge in [-0.25, -0.2) is 4.68 Å². The van der Waals surface area contributed by atoms with Crippen LogP contribution in [0, 0.1) is 0 Å². The zero-order chi connectivity index (χ0) is 15.5. The third-order valence-corrected chi connectivity index (χ3v) is 3.89. The molecule has 2 aromatic rings. The highest BCUT2D eigenvalue weighted by atomic mass is 35.5. The predicted molar refractivity (Wildman–Crippen MR) is 85.2 cm³/mol. The van der Waals surface area contributed by atoms with Crippen LogP contribution >= 0.6 is 11.6 Å². The Labute approximate surface area is 134 Å². The highest BCUT2D eigenvalue weighted by Gasteiger charge is 2.23. The SMILES string of the molecule is CC(C)Oc1cc(Cl)cc(NCc2nnnn2C2CCC2)c1. The minimum Gasteiger partial charge on any atom is -0.491 e. The summed E-state index contributed by atoms with van der Waals surface area (Å²) in [5.74, 6) is 1.60. The van der Waals surface area contributed by atoms with Gasteiger partial charge in [-0.15, -0.1) is 5.10 Å². The smallest absolute Gasteiger partial charge is 0.170 e. The van der Waals surface area contributed by atoms with Crippen molar-refractivity contribution in [3.8, 4) is 5.75 Å². The summed E-state index contributed by atoms with van der Waals surface area (Å²) in [4.78, 5) is 0. The lowest BCUT2D eigenvalue weighted by atomic mass is 9.93. The predicted octanol–water partition coefficient (Wildman–Crippen LogP) is 3.45. The summed E-state index contributed by atoms with van der Waals surface area (Å²) in [6, 6.07) is 6.06. The number of nitrogens with zero attached hydrogens (tertiary/aromatic N) is 4. The van der Waals surface area contributed by atoms with Crippen LogP contribution in [0.1, 0.15) is 45.0 Å². The van der Waals surface area contributed by atoms with E-state index in [-0.39, 0.29) is 6.10 Å². The number of rotatable bonds is 6. The van der Waals surface area contributed by atoms with Gasteiger partial charge in [-0.05, 0) is 55.7 Å². The molecule has 3 rings (SSSR count). The number of hydrogen-bond donors (Lipinski definition) is 1. The average molecular weight is 322 g/mol. The number of ether oxygens (including phenoxy) is 1. The maximum atomic E-state index is 6.14. The molecule has 1 fully saturated rings. The van der Waals surface area contributed by atoms with Crippen LogP contribution in [0.5, 0.6) is 5.75 Å². The molecule has 6 nitrogen and oxygen atoms in total. The van der Waals surface area contributed by atoms with Crippen molar-refractivity contribution in [2.45, 2.75) is 51.8 Å². The lowest BCUT2D eigenvalue weighted by Crippen LogP contribution is -2.21. The Morgan fingerprint density at radius 1 is 1.36 bits per heavy atom. The van der Waals surface area contributed by atoms with Gasteiger partial charge in [0.25, 0.3) is 0 Å². The molecule has 1 aliphatic rings. The van der Waals surface area contributed by atoms with Crippen LogP contribution in [0.2, 0.25) is 5.02 Å². The van der Waals surface area contributed by atoms with E-state index in [9.17, 15) is 0 Å². The molecule has 0 saturated heterocycles. The Bertz CT molecular complexity index is 639. The Morgan fingerprint density at radius 3 is 2.86 bits per heavy atom. The van der Waals surface area contributed by atoms with Crippen molar-refractivity contribution >= 4 is 17.3 Å². The molecule has 1 aromatic heterocycles. The van der Waals surface area contributed by atoms with Crippen LogP contribution in [-0.2, 0) is 6.54 Å². The molecule has 1 saturated carbocycles. The van der Waals surface area contributed by atoms with Crippen LogP contribution in [0.15, 0.2) is 18.2 Å². The highest BCUT2D eigenvalue weighted by Crippen LogP contribution is 2.31. The quantitative estimate of drug-likeness (QED) is 0.882. The number of nitrogens with one attached hydrogen (secondary N) is 1. The van der Waals surface area contributed by atoms with Gasteiger partial charge in [0.15, 0.2) is 5.82 Å². The van der Waals surface area contributed by atoms with E-state index in [1.54, 1.807) is 0 Å².